The molecule has 0 atom stereocenters. The lowest BCUT2D eigenvalue weighted by Crippen LogP contribution is -2.44. The van der Waals surface area contributed by atoms with Crippen molar-refractivity contribution in [3.8, 4) is 0 Å². The first kappa shape index (κ1) is 10.1. The average molecular weight is 204 g/mol. The Bertz CT molecular complexity index is 342. The minimum absolute atomic E-state index is 0.888. The molecule has 2 heterocycles. The van der Waals surface area contributed by atoms with Crippen molar-refractivity contribution < 1.29 is 0 Å². The Morgan fingerprint density at radius 1 is 1.27 bits per heavy atom. The number of anilines is 1. The second-order valence-corrected chi connectivity index (χ2v) is 3.80. The van der Waals surface area contributed by atoms with Crippen molar-refractivity contribution in [1.82, 2.24) is 14.9 Å². The van der Waals surface area contributed by atoms with Gasteiger partial charge in [-0.1, -0.05) is 6.58 Å². The number of aromatic nitrogens is 2. The highest BCUT2D eigenvalue weighted by molar-refractivity contribution is 5.49. The Morgan fingerprint density at radius 2 is 2.00 bits per heavy atom. The van der Waals surface area contributed by atoms with E-state index in [1.54, 1.807) is 12.4 Å². The summed E-state index contributed by atoms with van der Waals surface area (Å²) >= 11 is 0. The van der Waals surface area contributed by atoms with Gasteiger partial charge < -0.3 is 9.80 Å². The monoisotopic (exact) mass is 204 g/mol. The van der Waals surface area contributed by atoms with Crippen LogP contribution < -0.4 is 4.90 Å². The number of hydrogen-bond donors (Lipinski definition) is 0. The van der Waals surface area contributed by atoms with E-state index in [2.05, 4.69) is 33.4 Å². The first-order valence-corrected chi connectivity index (χ1v) is 5.17. The summed E-state index contributed by atoms with van der Waals surface area (Å²) in [5.41, 5.74) is 0.888. The van der Waals surface area contributed by atoms with Gasteiger partial charge in [-0.3, -0.25) is 0 Å². The predicted molar refractivity (Wildman–Crippen MR) is 61.8 cm³/mol. The maximum Gasteiger partial charge on any atom is 0.132 e. The Labute approximate surface area is 90.2 Å². The highest BCUT2D eigenvalue weighted by atomic mass is 15.3. The summed E-state index contributed by atoms with van der Waals surface area (Å²) in [6, 6.07) is 1.98. The van der Waals surface area contributed by atoms with Gasteiger partial charge in [0.1, 0.15) is 12.1 Å². The summed E-state index contributed by atoms with van der Waals surface area (Å²) in [7, 11) is 2.15. The van der Waals surface area contributed by atoms with Crippen LogP contribution in [0.2, 0.25) is 0 Å². The molecule has 0 aliphatic carbocycles. The summed E-state index contributed by atoms with van der Waals surface area (Å²) in [5.74, 6) is 1.01. The number of rotatable bonds is 2. The van der Waals surface area contributed by atoms with Gasteiger partial charge in [0.05, 0.1) is 5.69 Å². The van der Waals surface area contributed by atoms with E-state index in [-0.39, 0.29) is 0 Å². The fourth-order valence-corrected chi connectivity index (χ4v) is 1.68. The maximum atomic E-state index is 4.28. The van der Waals surface area contributed by atoms with Gasteiger partial charge in [-0.05, 0) is 13.1 Å². The summed E-state index contributed by atoms with van der Waals surface area (Å²) in [6.07, 6.45) is 3.35. The van der Waals surface area contributed by atoms with E-state index in [0.29, 0.717) is 0 Å². The minimum atomic E-state index is 0.888. The Balaban J connectivity index is 2.11. The standard InChI is InChI=1S/C11H16N4/c1-3-10-8-11(13-9-12-10)15-6-4-14(2)5-7-15/h3,8-9H,1,4-7H2,2H3. The highest BCUT2D eigenvalue weighted by Crippen LogP contribution is 2.13. The number of hydrogen-bond acceptors (Lipinski definition) is 4. The fraction of sp³-hybridized carbons (Fsp3) is 0.455. The molecule has 1 aromatic rings. The van der Waals surface area contributed by atoms with E-state index in [4.69, 9.17) is 0 Å². The SMILES string of the molecule is C=Cc1cc(N2CCN(C)CC2)ncn1. The van der Waals surface area contributed by atoms with Crippen LogP contribution in [0, 0.1) is 0 Å². The highest BCUT2D eigenvalue weighted by Gasteiger charge is 2.15. The molecule has 1 fully saturated rings. The molecule has 80 valence electrons. The largest absolute Gasteiger partial charge is 0.354 e. The van der Waals surface area contributed by atoms with E-state index >= 15 is 0 Å². The fourth-order valence-electron chi connectivity index (χ4n) is 1.68. The number of nitrogens with zero attached hydrogens (tertiary/aromatic N) is 4. The van der Waals surface area contributed by atoms with Crippen molar-refractivity contribution >= 4 is 11.9 Å². The van der Waals surface area contributed by atoms with E-state index in [0.717, 1.165) is 37.7 Å². The molecule has 1 aromatic heterocycles. The van der Waals surface area contributed by atoms with Gasteiger partial charge >= 0.3 is 0 Å². The summed E-state index contributed by atoms with van der Waals surface area (Å²) in [4.78, 5) is 13.0. The van der Waals surface area contributed by atoms with Crippen molar-refractivity contribution in [2.24, 2.45) is 0 Å². The van der Waals surface area contributed by atoms with Crippen LogP contribution in [0.4, 0.5) is 5.82 Å². The van der Waals surface area contributed by atoms with Gasteiger partial charge in [-0.15, -0.1) is 0 Å². The smallest absolute Gasteiger partial charge is 0.132 e. The van der Waals surface area contributed by atoms with Gasteiger partial charge in [0.2, 0.25) is 0 Å². The molecule has 2 rings (SSSR count). The molecule has 15 heavy (non-hydrogen) atoms. The maximum absolute atomic E-state index is 4.28. The summed E-state index contributed by atoms with van der Waals surface area (Å²) < 4.78 is 0. The molecule has 0 amide bonds. The summed E-state index contributed by atoms with van der Waals surface area (Å²) in [6.45, 7) is 7.96. The lowest BCUT2D eigenvalue weighted by molar-refractivity contribution is 0.312. The molecule has 1 aliphatic heterocycles. The van der Waals surface area contributed by atoms with E-state index in [1.807, 2.05) is 6.07 Å². The van der Waals surface area contributed by atoms with Crippen molar-refractivity contribution in [2.45, 2.75) is 0 Å². The third-order valence-corrected chi connectivity index (χ3v) is 2.71. The zero-order chi connectivity index (χ0) is 10.7. The molecule has 0 spiro atoms. The molecule has 4 heteroatoms. The molecule has 1 aliphatic rings. The lowest BCUT2D eigenvalue weighted by Gasteiger charge is -2.33. The van der Waals surface area contributed by atoms with Gasteiger partial charge in [0.15, 0.2) is 0 Å². The first-order chi connectivity index (χ1) is 7.29. The van der Waals surface area contributed by atoms with Crippen LogP contribution in [-0.2, 0) is 0 Å². The molecular formula is C11H16N4. The van der Waals surface area contributed by atoms with Gasteiger partial charge in [0.25, 0.3) is 0 Å². The topological polar surface area (TPSA) is 32.3 Å². The van der Waals surface area contributed by atoms with E-state index in [1.165, 1.54) is 0 Å². The third kappa shape index (κ3) is 2.33. The van der Waals surface area contributed by atoms with Crippen LogP contribution in [0.1, 0.15) is 5.69 Å². The quantitative estimate of drug-likeness (QED) is 0.715. The Morgan fingerprint density at radius 3 is 2.67 bits per heavy atom. The molecule has 0 bridgehead atoms. The van der Waals surface area contributed by atoms with E-state index < -0.39 is 0 Å². The number of piperazine rings is 1. The zero-order valence-electron chi connectivity index (χ0n) is 9.06. The van der Waals surface area contributed by atoms with Gasteiger partial charge in [-0.2, -0.15) is 0 Å². The van der Waals surface area contributed by atoms with Crippen molar-refractivity contribution in [3.05, 3.63) is 24.7 Å². The van der Waals surface area contributed by atoms with Crippen LogP contribution in [-0.4, -0.2) is 48.1 Å². The Kier molecular flexibility index (Phi) is 2.97. The Hall–Kier alpha value is -1.42. The molecular weight excluding hydrogens is 188 g/mol. The van der Waals surface area contributed by atoms with Crippen LogP contribution in [0.25, 0.3) is 6.08 Å². The van der Waals surface area contributed by atoms with Crippen LogP contribution in [0.5, 0.6) is 0 Å². The van der Waals surface area contributed by atoms with Gasteiger partial charge in [-0.25, -0.2) is 9.97 Å². The molecule has 1 saturated heterocycles. The first-order valence-electron chi connectivity index (χ1n) is 5.17. The van der Waals surface area contributed by atoms with Gasteiger partial charge in [0, 0.05) is 32.2 Å². The number of likely N-dealkylation sites (N-methyl/N-ethyl adjacent to an activating group) is 1. The average Bonchev–Trinajstić information content (AvgIpc) is 2.30. The third-order valence-electron chi connectivity index (χ3n) is 2.71. The second-order valence-electron chi connectivity index (χ2n) is 3.80. The minimum Gasteiger partial charge on any atom is -0.354 e. The van der Waals surface area contributed by atoms with E-state index in [9.17, 15) is 0 Å². The van der Waals surface area contributed by atoms with Crippen molar-refractivity contribution in [2.75, 3.05) is 38.1 Å². The normalized spacial score (nSPS) is 17.8. The lowest BCUT2D eigenvalue weighted by atomic mass is 10.3. The summed E-state index contributed by atoms with van der Waals surface area (Å²) in [5, 5.41) is 0. The predicted octanol–water partition coefficient (Wildman–Crippen LogP) is 0.871. The van der Waals surface area contributed by atoms with Crippen LogP contribution in [0.15, 0.2) is 19.0 Å². The molecule has 0 N–H and O–H groups in total. The second kappa shape index (κ2) is 4.40. The van der Waals surface area contributed by atoms with Crippen LogP contribution in [0.3, 0.4) is 0 Å². The molecule has 4 nitrogen and oxygen atoms in total. The molecule has 0 radical (unpaired) electrons. The molecule has 0 unspecified atom stereocenters. The van der Waals surface area contributed by atoms with Crippen LogP contribution >= 0.6 is 0 Å². The molecule has 0 saturated carbocycles. The van der Waals surface area contributed by atoms with Crippen molar-refractivity contribution in [1.29, 1.82) is 0 Å². The zero-order valence-corrected chi connectivity index (χ0v) is 9.06. The molecule has 0 aromatic carbocycles. The van der Waals surface area contributed by atoms with Crippen molar-refractivity contribution in [3.63, 3.8) is 0 Å².